The highest BCUT2D eigenvalue weighted by Gasteiger charge is 2.30. The summed E-state index contributed by atoms with van der Waals surface area (Å²) in [6.07, 6.45) is 7.47. The largest absolute Gasteiger partial charge is 0.393 e. The lowest BCUT2D eigenvalue weighted by Gasteiger charge is -2.35. The van der Waals surface area contributed by atoms with Crippen molar-refractivity contribution in [3.8, 4) is 0 Å². The highest BCUT2D eigenvalue weighted by Crippen LogP contribution is 2.29. The standard InChI is InChI=1S/C21H32N2O2/c1-16(24)18-11-13-23(14-12-18)21(25)22-20(19-9-5-6-10-19)15-17-7-3-2-4-8-17/h2-4,7-8,16,18-20,24H,5-6,9-15H2,1H3,(H,22,25). The van der Waals surface area contributed by atoms with Crippen molar-refractivity contribution in [1.29, 1.82) is 0 Å². The zero-order chi connectivity index (χ0) is 17.6. The topological polar surface area (TPSA) is 52.6 Å². The predicted molar refractivity (Wildman–Crippen MR) is 100 cm³/mol. The Morgan fingerprint density at radius 3 is 2.36 bits per heavy atom. The molecule has 0 radical (unpaired) electrons. The summed E-state index contributed by atoms with van der Waals surface area (Å²) >= 11 is 0. The van der Waals surface area contributed by atoms with Gasteiger partial charge in [0.05, 0.1) is 6.10 Å². The van der Waals surface area contributed by atoms with Gasteiger partial charge in [0.25, 0.3) is 0 Å². The zero-order valence-electron chi connectivity index (χ0n) is 15.4. The van der Waals surface area contributed by atoms with Crippen molar-refractivity contribution in [2.24, 2.45) is 11.8 Å². The van der Waals surface area contributed by atoms with Crippen LogP contribution in [-0.2, 0) is 6.42 Å². The molecule has 0 bridgehead atoms. The van der Waals surface area contributed by atoms with Gasteiger partial charge in [0.15, 0.2) is 0 Å². The lowest BCUT2D eigenvalue weighted by Crippen LogP contribution is -2.50. The van der Waals surface area contributed by atoms with Crippen LogP contribution in [0.15, 0.2) is 30.3 Å². The molecule has 1 aliphatic carbocycles. The summed E-state index contributed by atoms with van der Waals surface area (Å²) in [7, 11) is 0. The van der Waals surface area contributed by atoms with Crippen molar-refractivity contribution >= 4 is 6.03 Å². The number of aliphatic hydroxyl groups is 1. The van der Waals surface area contributed by atoms with Crippen molar-refractivity contribution in [1.82, 2.24) is 10.2 Å². The van der Waals surface area contributed by atoms with Crippen LogP contribution in [0.4, 0.5) is 4.79 Å². The molecule has 2 unspecified atom stereocenters. The van der Waals surface area contributed by atoms with Gasteiger partial charge < -0.3 is 15.3 Å². The summed E-state index contributed by atoms with van der Waals surface area (Å²) in [6.45, 7) is 3.37. The molecule has 4 nitrogen and oxygen atoms in total. The first-order chi connectivity index (χ1) is 12.1. The summed E-state index contributed by atoms with van der Waals surface area (Å²) in [6, 6.07) is 10.8. The van der Waals surface area contributed by atoms with Crippen molar-refractivity contribution in [3.63, 3.8) is 0 Å². The molecule has 0 aromatic heterocycles. The van der Waals surface area contributed by atoms with Gasteiger partial charge in [-0.15, -0.1) is 0 Å². The maximum Gasteiger partial charge on any atom is 0.317 e. The number of amides is 2. The van der Waals surface area contributed by atoms with Crippen LogP contribution in [0.5, 0.6) is 0 Å². The summed E-state index contributed by atoms with van der Waals surface area (Å²) in [5.74, 6) is 0.929. The van der Waals surface area contributed by atoms with E-state index in [1.807, 2.05) is 17.9 Å². The average Bonchev–Trinajstić information content (AvgIpc) is 3.16. The number of likely N-dealkylation sites (tertiary alicyclic amines) is 1. The lowest BCUT2D eigenvalue weighted by molar-refractivity contribution is 0.0788. The zero-order valence-corrected chi connectivity index (χ0v) is 15.4. The molecule has 4 heteroatoms. The van der Waals surface area contributed by atoms with Gasteiger partial charge in [-0.05, 0) is 56.4 Å². The summed E-state index contributed by atoms with van der Waals surface area (Å²) < 4.78 is 0. The maximum atomic E-state index is 12.8. The monoisotopic (exact) mass is 344 g/mol. The van der Waals surface area contributed by atoms with Crippen molar-refractivity contribution in [3.05, 3.63) is 35.9 Å². The highest BCUT2D eigenvalue weighted by molar-refractivity contribution is 5.74. The van der Waals surface area contributed by atoms with Gasteiger partial charge in [0.1, 0.15) is 0 Å². The van der Waals surface area contributed by atoms with Crippen molar-refractivity contribution in [2.45, 2.75) is 64.0 Å². The third-order valence-electron chi connectivity index (χ3n) is 6.09. The molecule has 25 heavy (non-hydrogen) atoms. The van der Waals surface area contributed by atoms with Crippen LogP contribution in [0.2, 0.25) is 0 Å². The molecule has 2 aliphatic rings. The van der Waals surface area contributed by atoms with Crippen LogP contribution in [-0.4, -0.2) is 41.3 Å². The molecule has 1 aromatic carbocycles. The van der Waals surface area contributed by atoms with Crippen LogP contribution >= 0.6 is 0 Å². The van der Waals surface area contributed by atoms with Gasteiger partial charge in [-0.3, -0.25) is 0 Å². The number of hydrogen-bond acceptors (Lipinski definition) is 2. The fourth-order valence-corrected chi connectivity index (χ4v) is 4.40. The Hall–Kier alpha value is -1.55. The Bertz CT molecular complexity index is 532. The fraction of sp³-hybridized carbons (Fsp3) is 0.667. The number of hydrogen-bond donors (Lipinski definition) is 2. The maximum absolute atomic E-state index is 12.8. The normalized spacial score (nSPS) is 21.9. The fourth-order valence-electron chi connectivity index (χ4n) is 4.40. The number of carbonyl (C=O) groups is 1. The van der Waals surface area contributed by atoms with E-state index in [2.05, 4.69) is 29.6 Å². The molecule has 1 saturated carbocycles. The Balaban J connectivity index is 1.58. The lowest BCUT2D eigenvalue weighted by atomic mass is 9.91. The Kier molecular flexibility index (Phi) is 6.35. The summed E-state index contributed by atoms with van der Waals surface area (Å²) in [5, 5.41) is 13.1. The highest BCUT2D eigenvalue weighted by atomic mass is 16.3. The summed E-state index contributed by atoms with van der Waals surface area (Å²) in [5.41, 5.74) is 1.30. The van der Waals surface area contributed by atoms with Gasteiger partial charge in [0.2, 0.25) is 0 Å². The predicted octanol–water partition coefficient (Wildman–Crippen LogP) is 3.59. The first kappa shape index (κ1) is 18.2. The average molecular weight is 344 g/mol. The van der Waals surface area contributed by atoms with Gasteiger partial charge in [0, 0.05) is 19.1 Å². The first-order valence-electron chi connectivity index (χ1n) is 9.91. The van der Waals surface area contributed by atoms with Crippen molar-refractivity contribution in [2.75, 3.05) is 13.1 Å². The third-order valence-corrected chi connectivity index (χ3v) is 6.09. The van der Waals surface area contributed by atoms with Gasteiger partial charge in [-0.1, -0.05) is 43.2 Å². The van der Waals surface area contributed by atoms with E-state index in [4.69, 9.17) is 0 Å². The van der Waals surface area contributed by atoms with E-state index in [9.17, 15) is 9.90 Å². The Morgan fingerprint density at radius 1 is 1.12 bits per heavy atom. The number of aliphatic hydroxyl groups excluding tert-OH is 1. The number of nitrogens with one attached hydrogen (secondary N) is 1. The number of nitrogens with zero attached hydrogens (tertiary/aromatic N) is 1. The molecule has 0 spiro atoms. The van der Waals surface area contributed by atoms with Crippen LogP contribution in [0.3, 0.4) is 0 Å². The number of rotatable bonds is 5. The summed E-state index contributed by atoms with van der Waals surface area (Å²) in [4.78, 5) is 14.7. The molecule has 2 amide bonds. The minimum absolute atomic E-state index is 0.0804. The Labute approximate surface area is 151 Å². The van der Waals surface area contributed by atoms with Crippen LogP contribution in [0.1, 0.15) is 51.0 Å². The van der Waals surface area contributed by atoms with E-state index >= 15 is 0 Å². The van der Waals surface area contributed by atoms with E-state index in [0.717, 1.165) is 32.4 Å². The number of carbonyl (C=O) groups excluding carboxylic acids is 1. The molecule has 3 rings (SSSR count). The van der Waals surface area contributed by atoms with Crippen molar-refractivity contribution < 1.29 is 9.90 Å². The van der Waals surface area contributed by atoms with Crippen LogP contribution in [0, 0.1) is 11.8 Å². The van der Waals surface area contributed by atoms with E-state index < -0.39 is 0 Å². The van der Waals surface area contributed by atoms with Gasteiger partial charge >= 0.3 is 6.03 Å². The van der Waals surface area contributed by atoms with Gasteiger partial charge in [-0.2, -0.15) is 0 Å². The molecule has 1 heterocycles. The van der Waals surface area contributed by atoms with E-state index in [0.29, 0.717) is 11.8 Å². The molecular formula is C21H32N2O2. The molecule has 1 aromatic rings. The Morgan fingerprint density at radius 2 is 1.76 bits per heavy atom. The molecule has 2 N–H and O–H groups in total. The number of benzene rings is 1. The van der Waals surface area contributed by atoms with E-state index in [-0.39, 0.29) is 18.2 Å². The molecule has 138 valence electrons. The quantitative estimate of drug-likeness (QED) is 0.858. The van der Waals surface area contributed by atoms with E-state index in [1.165, 1.54) is 31.2 Å². The molecular weight excluding hydrogens is 312 g/mol. The molecule has 1 saturated heterocycles. The molecule has 1 aliphatic heterocycles. The smallest absolute Gasteiger partial charge is 0.317 e. The second kappa shape index (κ2) is 8.70. The van der Waals surface area contributed by atoms with Crippen LogP contribution < -0.4 is 5.32 Å². The van der Waals surface area contributed by atoms with Crippen LogP contribution in [0.25, 0.3) is 0 Å². The minimum atomic E-state index is -0.269. The second-order valence-electron chi connectivity index (χ2n) is 7.86. The first-order valence-corrected chi connectivity index (χ1v) is 9.91. The molecule has 2 atom stereocenters. The minimum Gasteiger partial charge on any atom is -0.393 e. The third kappa shape index (κ3) is 4.97. The number of piperidine rings is 1. The number of urea groups is 1. The van der Waals surface area contributed by atoms with Gasteiger partial charge in [-0.25, -0.2) is 4.79 Å². The molecule has 2 fully saturated rings. The van der Waals surface area contributed by atoms with E-state index in [1.54, 1.807) is 0 Å². The SMILES string of the molecule is CC(O)C1CCN(C(=O)NC(Cc2ccccc2)C2CCCC2)CC1. The second-order valence-corrected chi connectivity index (χ2v) is 7.86.